The van der Waals surface area contributed by atoms with Crippen LogP contribution in [0.5, 0.6) is 5.75 Å². The molecule has 1 aliphatic carbocycles. The van der Waals surface area contributed by atoms with Gasteiger partial charge in [-0.15, -0.1) is 0 Å². The molecule has 0 bridgehead atoms. The summed E-state index contributed by atoms with van der Waals surface area (Å²) in [4.78, 5) is 0.181. The first kappa shape index (κ1) is 15.1. The van der Waals surface area contributed by atoms with Gasteiger partial charge in [-0.1, -0.05) is 18.2 Å². The van der Waals surface area contributed by atoms with Crippen LogP contribution in [0.2, 0.25) is 0 Å². The highest BCUT2D eigenvalue weighted by Crippen LogP contribution is 2.26. The van der Waals surface area contributed by atoms with Crippen LogP contribution in [0.25, 0.3) is 0 Å². The third-order valence-electron chi connectivity index (χ3n) is 3.78. The first-order valence-electron chi connectivity index (χ1n) is 7.27. The van der Waals surface area contributed by atoms with Crippen LogP contribution < -0.4 is 9.46 Å². The Bertz CT molecular complexity index is 728. The molecule has 22 heavy (non-hydrogen) atoms. The number of benzene rings is 1. The largest absolute Gasteiger partial charge is 0.489 e. The van der Waals surface area contributed by atoms with Crippen molar-refractivity contribution in [1.29, 1.82) is 0 Å². The molecule has 1 aromatic carbocycles. The van der Waals surface area contributed by atoms with Crippen LogP contribution in [-0.4, -0.2) is 30.3 Å². The van der Waals surface area contributed by atoms with E-state index in [0.717, 1.165) is 25.0 Å². The SMILES string of the molecule is Cn1cc(S(=O)(=O)N[C@H]2CCC[C@H]2Oc2ccccc2)cn1. The third kappa shape index (κ3) is 3.31. The maximum Gasteiger partial charge on any atom is 0.244 e. The predicted molar refractivity (Wildman–Crippen MR) is 82.0 cm³/mol. The van der Waals surface area contributed by atoms with Crippen molar-refractivity contribution in [1.82, 2.24) is 14.5 Å². The highest BCUT2D eigenvalue weighted by Gasteiger charge is 2.33. The summed E-state index contributed by atoms with van der Waals surface area (Å²) in [6, 6.07) is 9.27. The van der Waals surface area contributed by atoms with Gasteiger partial charge >= 0.3 is 0 Å². The fourth-order valence-corrected chi connectivity index (χ4v) is 3.96. The highest BCUT2D eigenvalue weighted by atomic mass is 32.2. The van der Waals surface area contributed by atoms with Crippen LogP contribution in [0.1, 0.15) is 19.3 Å². The van der Waals surface area contributed by atoms with Crippen molar-refractivity contribution >= 4 is 10.0 Å². The maximum atomic E-state index is 12.4. The molecule has 0 radical (unpaired) electrons. The Morgan fingerprint density at radius 2 is 2.05 bits per heavy atom. The monoisotopic (exact) mass is 321 g/mol. The van der Waals surface area contributed by atoms with E-state index in [-0.39, 0.29) is 17.0 Å². The molecule has 0 saturated heterocycles. The average molecular weight is 321 g/mol. The molecule has 3 rings (SSSR count). The minimum absolute atomic E-state index is 0.145. The number of para-hydroxylation sites is 1. The molecule has 1 saturated carbocycles. The molecule has 2 aromatic rings. The molecule has 1 aromatic heterocycles. The fourth-order valence-electron chi connectivity index (χ4n) is 2.68. The van der Waals surface area contributed by atoms with E-state index >= 15 is 0 Å². The first-order chi connectivity index (χ1) is 10.5. The Balaban J connectivity index is 1.71. The summed E-state index contributed by atoms with van der Waals surface area (Å²) in [5.74, 6) is 0.764. The summed E-state index contributed by atoms with van der Waals surface area (Å²) in [5, 5.41) is 3.91. The Hall–Kier alpha value is -1.86. The van der Waals surface area contributed by atoms with Gasteiger partial charge in [0.15, 0.2) is 0 Å². The van der Waals surface area contributed by atoms with E-state index in [1.54, 1.807) is 7.05 Å². The molecule has 0 spiro atoms. The normalized spacial score (nSPS) is 21.9. The Kier molecular flexibility index (Phi) is 4.17. The van der Waals surface area contributed by atoms with Gasteiger partial charge in [0.05, 0.1) is 12.2 Å². The maximum absolute atomic E-state index is 12.4. The lowest BCUT2D eigenvalue weighted by molar-refractivity contribution is 0.185. The van der Waals surface area contributed by atoms with Crippen LogP contribution in [-0.2, 0) is 17.1 Å². The number of hydrogen-bond acceptors (Lipinski definition) is 4. The molecule has 1 fully saturated rings. The van der Waals surface area contributed by atoms with E-state index in [9.17, 15) is 8.42 Å². The lowest BCUT2D eigenvalue weighted by atomic mass is 10.2. The summed E-state index contributed by atoms with van der Waals surface area (Å²) >= 11 is 0. The van der Waals surface area contributed by atoms with Crippen molar-refractivity contribution in [2.75, 3.05) is 0 Å². The number of rotatable bonds is 5. The zero-order valence-corrected chi connectivity index (χ0v) is 13.2. The summed E-state index contributed by atoms with van der Waals surface area (Å²) < 4.78 is 34.9. The van der Waals surface area contributed by atoms with E-state index < -0.39 is 10.0 Å². The van der Waals surface area contributed by atoms with Crippen LogP contribution in [0.3, 0.4) is 0 Å². The van der Waals surface area contributed by atoms with Gasteiger partial charge in [-0.05, 0) is 31.4 Å². The van der Waals surface area contributed by atoms with Gasteiger partial charge in [0.2, 0.25) is 10.0 Å². The van der Waals surface area contributed by atoms with E-state index in [0.29, 0.717) is 0 Å². The van der Waals surface area contributed by atoms with Gasteiger partial charge in [-0.3, -0.25) is 4.68 Å². The topological polar surface area (TPSA) is 73.2 Å². The molecule has 0 amide bonds. The lowest BCUT2D eigenvalue weighted by Gasteiger charge is -2.22. The second kappa shape index (κ2) is 6.10. The minimum atomic E-state index is -3.56. The number of aromatic nitrogens is 2. The number of nitrogens with zero attached hydrogens (tertiary/aromatic N) is 2. The Labute approximate surface area is 130 Å². The lowest BCUT2D eigenvalue weighted by Crippen LogP contribution is -2.42. The standard InChI is InChI=1S/C15H19N3O3S/c1-18-11-13(10-16-18)22(19,20)17-14-8-5-9-15(14)21-12-6-3-2-4-7-12/h2-4,6-7,10-11,14-15,17H,5,8-9H2,1H3/t14-,15+/m0/s1. The van der Waals surface area contributed by atoms with Crippen LogP contribution in [0, 0.1) is 0 Å². The molecule has 1 N–H and O–H groups in total. The van der Waals surface area contributed by atoms with Gasteiger partial charge in [0.1, 0.15) is 16.7 Å². The van der Waals surface area contributed by atoms with E-state index in [2.05, 4.69) is 9.82 Å². The van der Waals surface area contributed by atoms with Crippen LogP contribution >= 0.6 is 0 Å². The molecule has 1 aliphatic rings. The van der Waals surface area contributed by atoms with Crippen molar-refractivity contribution in [3.63, 3.8) is 0 Å². The highest BCUT2D eigenvalue weighted by molar-refractivity contribution is 7.89. The smallest absolute Gasteiger partial charge is 0.244 e. The molecular formula is C15H19N3O3S. The minimum Gasteiger partial charge on any atom is -0.489 e. The van der Waals surface area contributed by atoms with Crippen LogP contribution in [0.4, 0.5) is 0 Å². The average Bonchev–Trinajstić information content (AvgIpc) is 3.10. The van der Waals surface area contributed by atoms with E-state index in [1.165, 1.54) is 17.1 Å². The van der Waals surface area contributed by atoms with Gasteiger partial charge in [-0.25, -0.2) is 13.1 Å². The number of nitrogens with one attached hydrogen (secondary N) is 1. The van der Waals surface area contributed by atoms with Gasteiger partial charge in [-0.2, -0.15) is 5.10 Å². The third-order valence-corrected chi connectivity index (χ3v) is 5.23. The quantitative estimate of drug-likeness (QED) is 0.909. The zero-order valence-electron chi connectivity index (χ0n) is 12.3. The van der Waals surface area contributed by atoms with Crippen molar-refractivity contribution in [3.05, 3.63) is 42.7 Å². The summed E-state index contributed by atoms with van der Waals surface area (Å²) in [5.41, 5.74) is 0. The predicted octanol–water partition coefficient (Wildman–Crippen LogP) is 1.70. The number of hydrogen-bond donors (Lipinski definition) is 1. The van der Waals surface area contributed by atoms with Gasteiger partial charge in [0, 0.05) is 13.2 Å². The van der Waals surface area contributed by atoms with E-state index in [1.807, 2.05) is 30.3 Å². The summed E-state index contributed by atoms with van der Waals surface area (Å²) in [6.45, 7) is 0. The molecule has 2 atom stereocenters. The van der Waals surface area contributed by atoms with Crippen molar-refractivity contribution < 1.29 is 13.2 Å². The molecule has 118 valence electrons. The van der Waals surface area contributed by atoms with Crippen molar-refractivity contribution in [2.24, 2.45) is 7.05 Å². The van der Waals surface area contributed by atoms with Gasteiger partial charge < -0.3 is 4.74 Å². The van der Waals surface area contributed by atoms with Crippen LogP contribution in [0.15, 0.2) is 47.6 Å². The van der Waals surface area contributed by atoms with Crippen molar-refractivity contribution in [2.45, 2.75) is 36.3 Å². The first-order valence-corrected chi connectivity index (χ1v) is 8.75. The van der Waals surface area contributed by atoms with Gasteiger partial charge in [0.25, 0.3) is 0 Å². The van der Waals surface area contributed by atoms with Crippen molar-refractivity contribution in [3.8, 4) is 5.75 Å². The number of aryl methyl sites for hydroxylation is 1. The zero-order chi connectivity index (χ0) is 15.6. The Morgan fingerprint density at radius 3 is 2.73 bits per heavy atom. The molecule has 6 nitrogen and oxygen atoms in total. The summed E-state index contributed by atoms with van der Waals surface area (Å²) in [7, 11) is -1.87. The fraction of sp³-hybridized carbons (Fsp3) is 0.400. The second-order valence-electron chi connectivity index (χ2n) is 5.48. The number of sulfonamides is 1. The molecule has 0 unspecified atom stereocenters. The summed E-state index contributed by atoms with van der Waals surface area (Å²) in [6.07, 6.45) is 5.26. The second-order valence-corrected chi connectivity index (χ2v) is 7.19. The van der Waals surface area contributed by atoms with E-state index in [4.69, 9.17) is 4.74 Å². The number of ether oxygens (including phenoxy) is 1. The molecule has 1 heterocycles. The molecule has 0 aliphatic heterocycles. The Morgan fingerprint density at radius 1 is 1.27 bits per heavy atom. The molecule has 7 heteroatoms. The molecular weight excluding hydrogens is 302 g/mol.